The van der Waals surface area contributed by atoms with E-state index in [0.29, 0.717) is 32.1 Å². The molecule has 2 N–H and O–H groups in total. The standard InChI is InChI=1S/C10H19N5O/c1-9(2)11-4-3-10(16)12-5-7-15-8-6-13-14-15/h6,8-9,11H,3-5,7H2,1-2H3,(H,12,16). The van der Waals surface area contributed by atoms with Gasteiger partial charge < -0.3 is 10.6 Å². The van der Waals surface area contributed by atoms with Crippen LogP contribution in [-0.2, 0) is 11.3 Å². The Morgan fingerprint density at radius 1 is 1.44 bits per heavy atom. The van der Waals surface area contributed by atoms with Gasteiger partial charge in [0.2, 0.25) is 5.91 Å². The monoisotopic (exact) mass is 225 g/mol. The van der Waals surface area contributed by atoms with E-state index in [2.05, 4.69) is 34.8 Å². The average molecular weight is 225 g/mol. The van der Waals surface area contributed by atoms with E-state index in [-0.39, 0.29) is 5.91 Å². The zero-order valence-corrected chi connectivity index (χ0v) is 9.81. The summed E-state index contributed by atoms with van der Waals surface area (Å²) < 4.78 is 1.69. The molecular formula is C10H19N5O. The molecule has 1 aromatic heterocycles. The maximum atomic E-state index is 11.4. The van der Waals surface area contributed by atoms with Gasteiger partial charge in [0.25, 0.3) is 0 Å². The molecule has 0 fully saturated rings. The first-order valence-electron chi connectivity index (χ1n) is 5.52. The molecule has 0 aliphatic rings. The highest BCUT2D eigenvalue weighted by molar-refractivity contribution is 5.75. The lowest BCUT2D eigenvalue weighted by Gasteiger charge is -2.08. The summed E-state index contributed by atoms with van der Waals surface area (Å²) in [4.78, 5) is 11.4. The van der Waals surface area contributed by atoms with Crippen LogP contribution in [-0.4, -0.2) is 40.0 Å². The summed E-state index contributed by atoms with van der Waals surface area (Å²) >= 11 is 0. The lowest BCUT2D eigenvalue weighted by Crippen LogP contribution is -2.32. The van der Waals surface area contributed by atoms with Gasteiger partial charge in [-0.1, -0.05) is 19.1 Å². The SMILES string of the molecule is CC(C)NCCC(=O)NCCn1ccnn1. The van der Waals surface area contributed by atoms with Gasteiger partial charge in [-0.25, -0.2) is 0 Å². The molecule has 6 nitrogen and oxygen atoms in total. The van der Waals surface area contributed by atoms with E-state index in [1.807, 2.05) is 0 Å². The highest BCUT2D eigenvalue weighted by atomic mass is 16.1. The fourth-order valence-electron chi connectivity index (χ4n) is 1.22. The van der Waals surface area contributed by atoms with E-state index >= 15 is 0 Å². The highest BCUT2D eigenvalue weighted by Gasteiger charge is 2.01. The van der Waals surface area contributed by atoms with Crippen LogP contribution in [0.5, 0.6) is 0 Å². The fourth-order valence-corrected chi connectivity index (χ4v) is 1.22. The molecule has 1 heterocycles. The molecule has 1 amide bonds. The number of hydrogen-bond acceptors (Lipinski definition) is 4. The summed E-state index contributed by atoms with van der Waals surface area (Å²) in [5.41, 5.74) is 0. The van der Waals surface area contributed by atoms with E-state index in [1.54, 1.807) is 17.1 Å². The molecule has 1 rings (SSSR count). The van der Waals surface area contributed by atoms with Crippen LogP contribution >= 0.6 is 0 Å². The van der Waals surface area contributed by atoms with Crippen molar-refractivity contribution in [3.8, 4) is 0 Å². The summed E-state index contributed by atoms with van der Waals surface area (Å²) in [6, 6.07) is 0.419. The molecule has 0 aliphatic carbocycles. The minimum absolute atomic E-state index is 0.0632. The molecule has 0 saturated heterocycles. The van der Waals surface area contributed by atoms with Crippen molar-refractivity contribution in [2.45, 2.75) is 32.9 Å². The van der Waals surface area contributed by atoms with Gasteiger partial charge in [0.15, 0.2) is 0 Å². The van der Waals surface area contributed by atoms with E-state index in [0.717, 1.165) is 0 Å². The van der Waals surface area contributed by atoms with Crippen LogP contribution in [0.1, 0.15) is 20.3 Å². The number of amides is 1. The van der Waals surface area contributed by atoms with Gasteiger partial charge >= 0.3 is 0 Å². The maximum Gasteiger partial charge on any atom is 0.221 e. The molecule has 0 unspecified atom stereocenters. The third-order valence-electron chi connectivity index (χ3n) is 2.04. The Bertz CT molecular complexity index is 296. The third-order valence-corrected chi connectivity index (χ3v) is 2.04. The molecule has 0 aromatic carbocycles. The Hall–Kier alpha value is -1.43. The second-order valence-corrected chi connectivity index (χ2v) is 3.87. The van der Waals surface area contributed by atoms with E-state index in [4.69, 9.17) is 0 Å². The molecule has 6 heteroatoms. The quantitative estimate of drug-likeness (QED) is 0.673. The lowest BCUT2D eigenvalue weighted by molar-refractivity contribution is -0.121. The first-order valence-corrected chi connectivity index (χ1v) is 5.52. The molecule has 16 heavy (non-hydrogen) atoms. The Kier molecular flexibility index (Phi) is 5.49. The number of aromatic nitrogens is 3. The topological polar surface area (TPSA) is 71.8 Å². The minimum atomic E-state index is 0.0632. The van der Waals surface area contributed by atoms with Crippen molar-refractivity contribution in [3.63, 3.8) is 0 Å². The van der Waals surface area contributed by atoms with Crippen LogP contribution in [0.2, 0.25) is 0 Å². The van der Waals surface area contributed by atoms with Crippen LogP contribution < -0.4 is 10.6 Å². The molecule has 90 valence electrons. The van der Waals surface area contributed by atoms with Crippen molar-refractivity contribution in [1.29, 1.82) is 0 Å². The predicted molar refractivity (Wildman–Crippen MR) is 60.8 cm³/mol. The van der Waals surface area contributed by atoms with Crippen LogP contribution in [0.25, 0.3) is 0 Å². The smallest absolute Gasteiger partial charge is 0.221 e. The van der Waals surface area contributed by atoms with Crippen molar-refractivity contribution in [1.82, 2.24) is 25.6 Å². The van der Waals surface area contributed by atoms with Crippen LogP contribution in [0.15, 0.2) is 12.4 Å². The Morgan fingerprint density at radius 2 is 2.25 bits per heavy atom. The molecule has 0 spiro atoms. The minimum Gasteiger partial charge on any atom is -0.354 e. The maximum absolute atomic E-state index is 11.4. The Morgan fingerprint density at radius 3 is 2.88 bits per heavy atom. The van der Waals surface area contributed by atoms with Gasteiger partial charge in [0.05, 0.1) is 12.7 Å². The largest absolute Gasteiger partial charge is 0.354 e. The lowest BCUT2D eigenvalue weighted by atomic mass is 10.3. The van der Waals surface area contributed by atoms with Crippen LogP contribution in [0.4, 0.5) is 0 Å². The van der Waals surface area contributed by atoms with Gasteiger partial charge in [-0.3, -0.25) is 9.48 Å². The van der Waals surface area contributed by atoms with Crippen molar-refractivity contribution in [3.05, 3.63) is 12.4 Å². The summed E-state index contributed by atoms with van der Waals surface area (Å²) in [7, 11) is 0. The number of hydrogen-bond donors (Lipinski definition) is 2. The van der Waals surface area contributed by atoms with Crippen LogP contribution in [0, 0.1) is 0 Å². The second kappa shape index (κ2) is 6.95. The molecular weight excluding hydrogens is 206 g/mol. The van der Waals surface area contributed by atoms with Crippen molar-refractivity contribution < 1.29 is 4.79 Å². The molecule has 0 radical (unpaired) electrons. The fraction of sp³-hybridized carbons (Fsp3) is 0.700. The second-order valence-electron chi connectivity index (χ2n) is 3.87. The normalized spacial score (nSPS) is 10.7. The van der Waals surface area contributed by atoms with Gasteiger partial charge in [-0.15, -0.1) is 5.10 Å². The first kappa shape index (κ1) is 12.6. The van der Waals surface area contributed by atoms with Gasteiger partial charge in [-0.05, 0) is 0 Å². The number of nitrogens with zero attached hydrogens (tertiary/aromatic N) is 3. The van der Waals surface area contributed by atoms with Crippen LogP contribution in [0.3, 0.4) is 0 Å². The molecule has 1 aromatic rings. The van der Waals surface area contributed by atoms with Gasteiger partial charge in [-0.2, -0.15) is 0 Å². The van der Waals surface area contributed by atoms with Crippen molar-refractivity contribution in [2.75, 3.05) is 13.1 Å². The van der Waals surface area contributed by atoms with E-state index in [1.165, 1.54) is 0 Å². The van der Waals surface area contributed by atoms with E-state index in [9.17, 15) is 4.79 Å². The number of rotatable bonds is 7. The summed E-state index contributed by atoms with van der Waals surface area (Å²) in [5.74, 6) is 0.0632. The summed E-state index contributed by atoms with van der Waals surface area (Å²) in [5, 5.41) is 13.5. The first-order chi connectivity index (χ1) is 7.68. The number of carbonyl (C=O) groups is 1. The average Bonchev–Trinajstić information content (AvgIpc) is 2.70. The summed E-state index contributed by atoms with van der Waals surface area (Å²) in [6.07, 6.45) is 3.90. The molecule has 0 aliphatic heterocycles. The third kappa shape index (κ3) is 5.45. The zero-order chi connectivity index (χ0) is 11.8. The van der Waals surface area contributed by atoms with Gasteiger partial charge in [0.1, 0.15) is 0 Å². The molecule has 0 saturated carbocycles. The number of nitrogens with one attached hydrogen (secondary N) is 2. The van der Waals surface area contributed by atoms with Crippen molar-refractivity contribution >= 4 is 5.91 Å². The van der Waals surface area contributed by atoms with Gasteiger partial charge in [0, 0.05) is 31.7 Å². The summed E-state index contributed by atoms with van der Waals surface area (Å²) in [6.45, 7) is 6.07. The highest BCUT2D eigenvalue weighted by Crippen LogP contribution is 1.83. The Labute approximate surface area is 95.4 Å². The predicted octanol–water partition coefficient (Wildman–Crippen LogP) is -0.218. The van der Waals surface area contributed by atoms with E-state index < -0.39 is 0 Å². The zero-order valence-electron chi connectivity index (χ0n) is 9.81. The van der Waals surface area contributed by atoms with Crippen molar-refractivity contribution in [2.24, 2.45) is 0 Å². The number of carbonyl (C=O) groups excluding carboxylic acids is 1. The molecule has 0 bridgehead atoms. The molecule has 0 atom stereocenters. The Balaban J connectivity index is 2.02.